The van der Waals surface area contributed by atoms with Gasteiger partial charge in [-0.25, -0.2) is 0 Å². The molecule has 0 saturated carbocycles. The molecule has 2 nitrogen and oxygen atoms in total. The van der Waals surface area contributed by atoms with Gasteiger partial charge in [0.05, 0.1) is 6.34 Å². The first-order valence-electron chi connectivity index (χ1n) is 11.5. The van der Waals surface area contributed by atoms with E-state index in [1.807, 2.05) is 0 Å². The summed E-state index contributed by atoms with van der Waals surface area (Å²) in [6.45, 7) is 5.38. The van der Waals surface area contributed by atoms with Crippen molar-refractivity contribution in [2.45, 2.75) is 58.3 Å². The molecule has 0 N–H and O–H groups in total. The lowest BCUT2D eigenvalue weighted by Gasteiger charge is -2.28. The largest absolute Gasteiger partial charge is 0.362 e. The van der Waals surface area contributed by atoms with Crippen LogP contribution in [0, 0.1) is 0 Å². The average molecular weight is 389 g/mol. The normalized spacial score (nSPS) is 14.5. The van der Waals surface area contributed by atoms with Crippen LogP contribution in [0.15, 0.2) is 71.2 Å². The Morgan fingerprint density at radius 2 is 1.34 bits per heavy atom. The van der Waals surface area contributed by atoms with Crippen LogP contribution in [0.5, 0.6) is 0 Å². The van der Waals surface area contributed by atoms with Crippen LogP contribution < -0.4 is 0 Å². The molecule has 0 atom stereocenters. The second-order valence-electron chi connectivity index (χ2n) is 8.04. The van der Waals surface area contributed by atoms with E-state index in [1.165, 1.54) is 55.2 Å². The molecule has 0 spiro atoms. The van der Waals surface area contributed by atoms with E-state index >= 15 is 0 Å². The van der Waals surface area contributed by atoms with Crippen molar-refractivity contribution in [1.29, 1.82) is 0 Å². The van der Waals surface area contributed by atoms with Crippen molar-refractivity contribution in [3.05, 3.63) is 77.4 Å². The predicted octanol–water partition coefficient (Wildman–Crippen LogP) is 6.97. The predicted molar refractivity (Wildman–Crippen MR) is 126 cm³/mol. The summed E-state index contributed by atoms with van der Waals surface area (Å²) in [4.78, 5) is 7.08. The number of nitrogens with zero attached hydrogens (tertiary/aromatic N) is 2. The first-order valence-corrected chi connectivity index (χ1v) is 11.5. The third-order valence-corrected chi connectivity index (χ3v) is 5.77. The van der Waals surface area contributed by atoms with Crippen molar-refractivity contribution in [3.63, 3.8) is 0 Å². The van der Waals surface area contributed by atoms with E-state index in [-0.39, 0.29) is 0 Å². The molecule has 0 amide bonds. The van der Waals surface area contributed by atoms with E-state index < -0.39 is 0 Å². The summed E-state index contributed by atoms with van der Waals surface area (Å²) in [6, 6.07) is 21.7. The number of aliphatic imine (C=N–C) groups is 1. The molecule has 2 heteroatoms. The molecule has 154 valence electrons. The van der Waals surface area contributed by atoms with Crippen LogP contribution in [0.1, 0.15) is 69.4 Å². The first kappa shape index (κ1) is 21.4. The second kappa shape index (κ2) is 12.3. The summed E-state index contributed by atoms with van der Waals surface area (Å²) in [5.74, 6) is 0. The summed E-state index contributed by atoms with van der Waals surface area (Å²) in [7, 11) is 0. The lowest BCUT2D eigenvalue weighted by Crippen LogP contribution is -2.30. The maximum Gasteiger partial charge on any atom is 0.0849 e. The Hall–Kier alpha value is -2.35. The zero-order chi connectivity index (χ0) is 20.2. The quantitative estimate of drug-likeness (QED) is 0.244. The lowest BCUT2D eigenvalue weighted by molar-refractivity contribution is 0.398. The van der Waals surface area contributed by atoms with Crippen LogP contribution >= 0.6 is 0 Å². The van der Waals surface area contributed by atoms with Gasteiger partial charge in [-0.05, 0) is 36.0 Å². The number of unbranched alkanes of at least 4 members (excludes halogenated alkanes) is 5. The van der Waals surface area contributed by atoms with Crippen LogP contribution in [0.2, 0.25) is 0 Å². The maximum atomic E-state index is 4.68. The minimum absolute atomic E-state index is 0.977. The molecule has 2 aromatic rings. The fourth-order valence-corrected chi connectivity index (χ4v) is 4.10. The molecule has 1 heterocycles. The molecular formula is C27H36N2. The highest BCUT2D eigenvalue weighted by Gasteiger charge is 2.17. The van der Waals surface area contributed by atoms with Crippen LogP contribution in [0.4, 0.5) is 0 Å². The van der Waals surface area contributed by atoms with Crippen molar-refractivity contribution in [1.82, 2.24) is 4.90 Å². The highest BCUT2D eigenvalue weighted by atomic mass is 15.1. The first-order chi connectivity index (χ1) is 14.4. The van der Waals surface area contributed by atoms with Crippen LogP contribution in [0.3, 0.4) is 0 Å². The minimum Gasteiger partial charge on any atom is -0.362 e. The average Bonchev–Trinajstić information content (AvgIpc) is 2.78. The van der Waals surface area contributed by atoms with Gasteiger partial charge in [-0.3, -0.25) is 4.99 Å². The third kappa shape index (κ3) is 6.88. The molecule has 1 saturated heterocycles. The highest BCUT2D eigenvalue weighted by Crippen LogP contribution is 2.31. The fraction of sp³-hybridized carbons (Fsp3) is 0.444. The summed E-state index contributed by atoms with van der Waals surface area (Å²) < 4.78 is 0. The van der Waals surface area contributed by atoms with Gasteiger partial charge >= 0.3 is 0 Å². The molecule has 0 bridgehead atoms. The standard InChI is InChI=1S/C27H36N2/c1-2-3-4-5-6-13-20-28-23-29-21-18-26(19-22-29)27(24-14-9-7-10-15-24)25-16-11-8-12-17-25/h7-12,14-17,23H,2-6,13,18-22H2,1H3. The Labute approximate surface area is 177 Å². The molecule has 29 heavy (non-hydrogen) atoms. The van der Waals surface area contributed by atoms with E-state index in [2.05, 4.69) is 83.8 Å². The minimum atomic E-state index is 0.977. The van der Waals surface area contributed by atoms with Gasteiger partial charge in [0.2, 0.25) is 0 Å². The van der Waals surface area contributed by atoms with Crippen molar-refractivity contribution >= 4 is 11.9 Å². The van der Waals surface area contributed by atoms with E-state index in [9.17, 15) is 0 Å². The molecule has 1 aliphatic heterocycles. The smallest absolute Gasteiger partial charge is 0.0849 e. The summed E-state index contributed by atoms with van der Waals surface area (Å²) in [5, 5.41) is 0. The Balaban J connectivity index is 1.56. The lowest BCUT2D eigenvalue weighted by atomic mass is 9.88. The number of rotatable bonds is 10. The Bertz CT molecular complexity index is 710. The van der Waals surface area contributed by atoms with Gasteiger partial charge in [0.1, 0.15) is 0 Å². The van der Waals surface area contributed by atoms with Gasteiger partial charge in [-0.15, -0.1) is 0 Å². The van der Waals surface area contributed by atoms with Crippen molar-refractivity contribution in [2.75, 3.05) is 19.6 Å². The van der Waals surface area contributed by atoms with Gasteiger partial charge in [0.15, 0.2) is 0 Å². The molecule has 0 aliphatic carbocycles. The van der Waals surface area contributed by atoms with Crippen molar-refractivity contribution in [3.8, 4) is 0 Å². The number of hydrogen-bond acceptors (Lipinski definition) is 1. The van der Waals surface area contributed by atoms with E-state index in [0.29, 0.717) is 0 Å². The summed E-state index contributed by atoms with van der Waals surface area (Å²) in [6.07, 6.45) is 12.3. The number of likely N-dealkylation sites (tertiary alicyclic amines) is 1. The molecular weight excluding hydrogens is 352 g/mol. The van der Waals surface area contributed by atoms with Crippen molar-refractivity contribution < 1.29 is 0 Å². The van der Waals surface area contributed by atoms with E-state index in [1.54, 1.807) is 5.57 Å². The van der Waals surface area contributed by atoms with Gasteiger partial charge in [-0.2, -0.15) is 0 Å². The Kier molecular flexibility index (Phi) is 9.03. The number of piperidine rings is 1. The van der Waals surface area contributed by atoms with Crippen LogP contribution in [-0.4, -0.2) is 30.9 Å². The molecule has 1 aliphatic rings. The third-order valence-electron chi connectivity index (χ3n) is 5.77. The summed E-state index contributed by atoms with van der Waals surface area (Å²) in [5.41, 5.74) is 5.66. The Morgan fingerprint density at radius 3 is 1.93 bits per heavy atom. The fourth-order valence-electron chi connectivity index (χ4n) is 4.10. The molecule has 0 radical (unpaired) electrons. The zero-order valence-corrected chi connectivity index (χ0v) is 18.0. The van der Waals surface area contributed by atoms with Gasteiger partial charge in [-0.1, -0.05) is 105 Å². The molecule has 3 rings (SSSR count). The Morgan fingerprint density at radius 1 is 0.793 bits per heavy atom. The monoisotopic (exact) mass is 388 g/mol. The number of benzene rings is 2. The van der Waals surface area contributed by atoms with Gasteiger partial charge in [0, 0.05) is 19.6 Å². The number of hydrogen-bond donors (Lipinski definition) is 0. The summed E-state index contributed by atoms with van der Waals surface area (Å²) >= 11 is 0. The van der Waals surface area contributed by atoms with Crippen LogP contribution in [-0.2, 0) is 0 Å². The molecule has 2 aromatic carbocycles. The van der Waals surface area contributed by atoms with Crippen molar-refractivity contribution in [2.24, 2.45) is 4.99 Å². The van der Waals surface area contributed by atoms with E-state index in [4.69, 9.17) is 0 Å². The van der Waals surface area contributed by atoms with E-state index in [0.717, 1.165) is 32.5 Å². The van der Waals surface area contributed by atoms with Gasteiger partial charge < -0.3 is 4.90 Å². The highest BCUT2D eigenvalue weighted by molar-refractivity contribution is 5.82. The molecule has 0 unspecified atom stereocenters. The topological polar surface area (TPSA) is 15.6 Å². The zero-order valence-electron chi connectivity index (χ0n) is 18.0. The second-order valence-corrected chi connectivity index (χ2v) is 8.04. The molecule has 1 fully saturated rings. The maximum absolute atomic E-state index is 4.68. The molecule has 0 aromatic heterocycles. The van der Waals surface area contributed by atoms with Gasteiger partial charge in [0.25, 0.3) is 0 Å². The SMILES string of the molecule is CCCCCCCCN=CN1CCC(=C(c2ccccc2)c2ccccc2)CC1. The van der Waals surface area contributed by atoms with Crippen LogP contribution in [0.25, 0.3) is 5.57 Å².